The third-order valence-electron chi connectivity index (χ3n) is 4.27. The number of esters is 5. The van der Waals surface area contributed by atoms with Crippen LogP contribution in [0.3, 0.4) is 0 Å². The van der Waals surface area contributed by atoms with Gasteiger partial charge in [-0.15, -0.1) is 0 Å². The van der Waals surface area contributed by atoms with Crippen LogP contribution in [-0.4, -0.2) is 80.1 Å². The van der Waals surface area contributed by atoms with Crippen molar-refractivity contribution in [3.8, 4) is 0 Å². The minimum atomic E-state index is -1.37. The Morgan fingerprint density at radius 2 is 1.32 bits per heavy atom. The summed E-state index contributed by atoms with van der Waals surface area (Å²) in [4.78, 5) is 59.0. The SMILES string of the molecule is CCOC(=O)[C@@H](CN)[C@@H]1O[C@H](COC(C)=O)[C@@H](OC(C)=O)[C@H](OC(C)=O)[C@H]1OC(C)=O. The van der Waals surface area contributed by atoms with Crippen LogP contribution in [0.15, 0.2) is 0 Å². The van der Waals surface area contributed by atoms with Crippen LogP contribution in [0.2, 0.25) is 0 Å². The fraction of sp³-hybridized carbons (Fsp3) is 0.737. The zero-order valence-corrected chi connectivity index (χ0v) is 18.2. The number of hydrogen-bond acceptors (Lipinski definition) is 12. The molecule has 0 radical (unpaired) electrons. The second kappa shape index (κ2) is 12.2. The average molecular weight is 447 g/mol. The van der Waals surface area contributed by atoms with Crippen LogP contribution in [0, 0.1) is 5.92 Å². The van der Waals surface area contributed by atoms with E-state index in [1.807, 2.05) is 0 Å². The molecule has 12 nitrogen and oxygen atoms in total. The van der Waals surface area contributed by atoms with Gasteiger partial charge in [0.2, 0.25) is 0 Å². The Labute approximate surface area is 179 Å². The molecule has 0 spiro atoms. The van der Waals surface area contributed by atoms with E-state index < -0.39 is 72.9 Å². The first kappa shape index (κ1) is 26.3. The summed E-state index contributed by atoms with van der Waals surface area (Å²) in [5.41, 5.74) is 5.76. The van der Waals surface area contributed by atoms with Gasteiger partial charge < -0.3 is 34.2 Å². The zero-order chi connectivity index (χ0) is 23.7. The van der Waals surface area contributed by atoms with Crippen molar-refractivity contribution in [2.24, 2.45) is 11.7 Å². The molecule has 1 rings (SSSR count). The van der Waals surface area contributed by atoms with Gasteiger partial charge in [0.05, 0.1) is 12.5 Å². The first-order valence-electron chi connectivity index (χ1n) is 9.68. The molecular weight excluding hydrogens is 418 g/mol. The summed E-state index contributed by atoms with van der Waals surface area (Å²) < 4.78 is 31.8. The number of ether oxygens (including phenoxy) is 6. The zero-order valence-electron chi connectivity index (χ0n) is 18.2. The van der Waals surface area contributed by atoms with Gasteiger partial charge in [0, 0.05) is 34.2 Å². The Kier molecular flexibility index (Phi) is 10.4. The highest BCUT2D eigenvalue weighted by molar-refractivity contribution is 5.74. The third-order valence-corrected chi connectivity index (χ3v) is 4.27. The monoisotopic (exact) mass is 447 g/mol. The molecule has 1 saturated heterocycles. The molecular formula is C19H29NO11. The predicted octanol–water partition coefficient (Wildman–Crippen LogP) is -0.750. The molecule has 0 saturated carbocycles. The second-order valence-corrected chi connectivity index (χ2v) is 6.76. The number of hydrogen-bond donors (Lipinski definition) is 1. The van der Waals surface area contributed by atoms with Crippen molar-refractivity contribution in [2.75, 3.05) is 19.8 Å². The first-order chi connectivity index (χ1) is 14.5. The van der Waals surface area contributed by atoms with Gasteiger partial charge in [-0.2, -0.15) is 0 Å². The molecule has 0 aliphatic carbocycles. The van der Waals surface area contributed by atoms with E-state index in [1.165, 1.54) is 0 Å². The lowest BCUT2D eigenvalue weighted by atomic mass is 9.87. The molecule has 0 unspecified atom stereocenters. The topological polar surface area (TPSA) is 167 Å². The fourth-order valence-electron chi connectivity index (χ4n) is 3.20. The van der Waals surface area contributed by atoms with E-state index in [0.29, 0.717) is 0 Å². The molecule has 0 bridgehead atoms. The molecule has 1 aliphatic heterocycles. The van der Waals surface area contributed by atoms with E-state index in [0.717, 1.165) is 27.7 Å². The van der Waals surface area contributed by atoms with Crippen LogP contribution >= 0.6 is 0 Å². The maximum Gasteiger partial charge on any atom is 0.313 e. The highest BCUT2D eigenvalue weighted by atomic mass is 16.7. The molecule has 31 heavy (non-hydrogen) atoms. The maximum atomic E-state index is 12.5. The van der Waals surface area contributed by atoms with Crippen LogP contribution in [0.25, 0.3) is 0 Å². The van der Waals surface area contributed by atoms with E-state index in [9.17, 15) is 24.0 Å². The molecule has 1 fully saturated rings. The highest BCUT2D eigenvalue weighted by Crippen LogP contribution is 2.33. The van der Waals surface area contributed by atoms with Gasteiger partial charge in [0.15, 0.2) is 18.3 Å². The van der Waals surface area contributed by atoms with Crippen molar-refractivity contribution in [3.05, 3.63) is 0 Å². The standard InChI is InChI=1S/C19H29NO11/c1-6-26-19(25)13(7-20)15-17(29-11(4)23)18(30-12(5)24)16(28-10(3)22)14(31-15)8-27-9(2)21/h13-18H,6-8,20H2,1-5H3/t13-,14+,15-,16+,17-,18-/m0/s1. The molecule has 0 aromatic heterocycles. The van der Waals surface area contributed by atoms with Gasteiger partial charge in [-0.25, -0.2) is 0 Å². The smallest absolute Gasteiger partial charge is 0.313 e. The number of carbonyl (C=O) groups excluding carboxylic acids is 5. The molecule has 2 N–H and O–H groups in total. The Bertz CT molecular complexity index is 680. The molecule has 12 heteroatoms. The number of nitrogens with two attached hydrogens (primary N) is 1. The van der Waals surface area contributed by atoms with Gasteiger partial charge >= 0.3 is 29.8 Å². The Morgan fingerprint density at radius 1 is 0.806 bits per heavy atom. The van der Waals surface area contributed by atoms with Crippen LogP contribution in [-0.2, 0) is 52.4 Å². The van der Waals surface area contributed by atoms with Crippen molar-refractivity contribution >= 4 is 29.8 Å². The summed E-state index contributed by atoms with van der Waals surface area (Å²) in [6.07, 6.45) is -6.44. The summed E-state index contributed by atoms with van der Waals surface area (Å²) in [5, 5.41) is 0. The summed E-state index contributed by atoms with van der Waals surface area (Å²) in [6, 6.07) is 0. The summed E-state index contributed by atoms with van der Waals surface area (Å²) in [6.45, 7) is 5.48. The quantitative estimate of drug-likeness (QED) is 0.347. The lowest BCUT2D eigenvalue weighted by Gasteiger charge is -2.46. The minimum Gasteiger partial charge on any atom is -0.466 e. The Morgan fingerprint density at radius 3 is 1.77 bits per heavy atom. The van der Waals surface area contributed by atoms with Gasteiger partial charge in [-0.1, -0.05) is 0 Å². The van der Waals surface area contributed by atoms with E-state index in [1.54, 1.807) is 6.92 Å². The van der Waals surface area contributed by atoms with Gasteiger partial charge in [0.25, 0.3) is 0 Å². The molecule has 1 aliphatic rings. The third kappa shape index (κ3) is 7.79. The number of carbonyl (C=O) groups is 5. The van der Waals surface area contributed by atoms with Gasteiger partial charge in [0.1, 0.15) is 18.8 Å². The van der Waals surface area contributed by atoms with Crippen molar-refractivity contribution in [2.45, 2.75) is 65.1 Å². The molecule has 176 valence electrons. The Balaban J connectivity index is 3.48. The van der Waals surface area contributed by atoms with E-state index in [4.69, 9.17) is 34.2 Å². The van der Waals surface area contributed by atoms with Crippen molar-refractivity contribution in [1.29, 1.82) is 0 Å². The van der Waals surface area contributed by atoms with Crippen molar-refractivity contribution < 1.29 is 52.4 Å². The molecule has 1 heterocycles. The Hall–Kier alpha value is -2.73. The largest absolute Gasteiger partial charge is 0.466 e. The first-order valence-corrected chi connectivity index (χ1v) is 9.68. The molecule has 0 aromatic rings. The summed E-state index contributed by atoms with van der Waals surface area (Å²) in [7, 11) is 0. The van der Waals surface area contributed by atoms with Gasteiger partial charge in [-0.3, -0.25) is 24.0 Å². The van der Waals surface area contributed by atoms with Gasteiger partial charge in [-0.05, 0) is 6.92 Å². The minimum absolute atomic E-state index is 0.0562. The second-order valence-electron chi connectivity index (χ2n) is 6.76. The predicted molar refractivity (Wildman–Crippen MR) is 101 cm³/mol. The number of rotatable bonds is 9. The van der Waals surface area contributed by atoms with Crippen LogP contribution < -0.4 is 5.73 Å². The fourth-order valence-corrected chi connectivity index (χ4v) is 3.20. The maximum absolute atomic E-state index is 12.5. The van der Waals surface area contributed by atoms with E-state index in [-0.39, 0.29) is 13.2 Å². The van der Waals surface area contributed by atoms with Crippen molar-refractivity contribution in [1.82, 2.24) is 0 Å². The normalized spacial score (nSPS) is 26.2. The van der Waals surface area contributed by atoms with E-state index in [2.05, 4.69) is 0 Å². The van der Waals surface area contributed by atoms with Crippen LogP contribution in [0.5, 0.6) is 0 Å². The average Bonchev–Trinajstić information content (AvgIpc) is 2.64. The lowest BCUT2D eigenvalue weighted by molar-refractivity contribution is -0.260. The lowest BCUT2D eigenvalue weighted by Crippen LogP contribution is -2.65. The molecule has 0 aromatic carbocycles. The molecule has 6 atom stereocenters. The molecule has 0 amide bonds. The highest BCUT2D eigenvalue weighted by Gasteiger charge is 2.55. The van der Waals surface area contributed by atoms with Crippen LogP contribution in [0.4, 0.5) is 0 Å². The summed E-state index contributed by atoms with van der Waals surface area (Å²) >= 11 is 0. The van der Waals surface area contributed by atoms with Crippen molar-refractivity contribution in [3.63, 3.8) is 0 Å². The summed E-state index contributed by atoms with van der Waals surface area (Å²) in [5.74, 6) is -4.79. The van der Waals surface area contributed by atoms with E-state index >= 15 is 0 Å². The van der Waals surface area contributed by atoms with Crippen LogP contribution in [0.1, 0.15) is 34.6 Å².